The fraction of sp³-hybridized carbons (Fsp3) is 0.300. The van der Waals surface area contributed by atoms with Crippen molar-refractivity contribution in [1.82, 2.24) is 24.9 Å². The van der Waals surface area contributed by atoms with E-state index in [0.29, 0.717) is 11.3 Å². The maximum absolute atomic E-state index is 13.3. The first kappa shape index (κ1) is 20.8. The zero-order valence-corrected chi connectivity index (χ0v) is 16.6. The molecule has 1 saturated heterocycles. The van der Waals surface area contributed by atoms with Gasteiger partial charge < -0.3 is 4.90 Å². The van der Waals surface area contributed by atoms with E-state index in [2.05, 4.69) is 15.2 Å². The molecule has 1 amide bonds. The normalized spacial score (nSPS) is 15.1. The molecule has 0 radical (unpaired) electrons. The minimum atomic E-state index is -4.55. The summed E-state index contributed by atoms with van der Waals surface area (Å²) in [7, 11) is 0. The van der Waals surface area contributed by atoms with Crippen molar-refractivity contribution in [1.29, 1.82) is 0 Å². The zero-order chi connectivity index (χ0) is 22.0. The highest BCUT2D eigenvalue weighted by molar-refractivity contribution is 5.98. The van der Waals surface area contributed by atoms with E-state index in [1.165, 1.54) is 34.4 Å². The molecule has 11 heteroatoms. The molecule has 1 aliphatic rings. The minimum absolute atomic E-state index is 0.0427. The lowest BCUT2D eigenvalue weighted by molar-refractivity contribution is -0.141. The van der Waals surface area contributed by atoms with Gasteiger partial charge in [0, 0.05) is 13.1 Å². The van der Waals surface area contributed by atoms with Crippen LogP contribution in [0.25, 0.3) is 5.69 Å². The van der Waals surface area contributed by atoms with E-state index in [1.807, 2.05) is 13.0 Å². The first-order chi connectivity index (χ1) is 14.8. The van der Waals surface area contributed by atoms with Crippen LogP contribution in [-0.4, -0.2) is 57.0 Å². The first-order valence-electron chi connectivity index (χ1n) is 9.54. The molecule has 3 aromatic rings. The van der Waals surface area contributed by atoms with Gasteiger partial charge in [-0.25, -0.2) is 10.0 Å². The molecular formula is C20H19F3N6O2. The molecule has 162 valence electrons. The molecule has 0 bridgehead atoms. The Morgan fingerprint density at radius 1 is 1.06 bits per heavy atom. The molecule has 2 aromatic heterocycles. The molecule has 0 unspecified atom stereocenters. The van der Waals surface area contributed by atoms with Gasteiger partial charge in [0.25, 0.3) is 5.91 Å². The van der Waals surface area contributed by atoms with E-state index < -0.39 is 11.9 Å². The smallest absolute Gasteiger partial charge is 0.334 e. The SMILES string of the molecule is Cc1ccc(-n2nccn2)c(C(=O)N2CCON(c3cccc(C(F)(F)F)n3)CC2)c1. The topological polar surface area (TPSA) is 76.4 Å². The predicted octanol–water partition coefficient (Wildman–Crippen LogP) is 2.88. The minimum Gasteiger partial charge on any atom is -0.334 e. The Morgan fingerprint density at radius 2 is 1.84 bits per heavy atom. The van der Waals surface area contributed by atoms with E-state index in [4.69, 9.17) is 4.84 Å². The lowest BCUT2D eigenvalue weighted by Gasteiger charge is -2.22. The summed E-state index contributed by atoms with van der Waals surface area (Å²) >= 11 is 0. The third kappa shape index (κ3) is 4.50. The van der Waals surface area contributed by atoms with Crippen molar-refractivity contribution in [3.8, 4) is 5.69 Å². The molecule has 1 aliphatic heterocycles. The summed E-state index contributed by atoms with van der Waals surface area (Å²) in [6.07, 6.45) is -1.51. The number of amides is 1. The van der Waals surface area contributed by atoms with Gasteiger partial charge in [-0.2, -0.15) is 28.2 Å². The monoisotopic (exact) mass is 432 g/mol. The Labute approximate surface area is 175 Å². The highest BCUT2D eigenvalue weighted by Crippen LogP contribution is 2.29. The van der Waals surface area contributed by atoms with Crippen LogP contribution in [0, 0.1) is 6.92 Å². The van der Waals surface area contributed by atoms with Gasteiger partial charge in [0.05, 0.1) is 36.8 Å². The summed E-state index contributed by atoms with van der Waals surface area (Å²) < 4.78 is 38.9. The van der Waals surface area contributed by atoms with E-state index >= 15 is 0 Å². The number of aryl methyl sites for hydroxylation is 1. The molecule has 1 aromatic carbocycles. The largest absolute Gasteiger partial charge is 0.433 e. The fourth-order valence-corrected chi connectivity index (χ4v) is 3.26. The van der Waals surface area contributed by atoms with Crippen LogP contribution in [0.5, 0.6) is 0 Å². The van der Waals surface area contributed by atoms with Crippen LogP contribution in [0.15, 0.2) is 48.8 Å². The van der Waals surface area contributed by atoms with E-state index in [1.54, 1.807) is 17.0 Å². The molecular weight excluding hydrogens is 413 g/mol. The molecule has 3 heterocycles. The van der Waals surface area contributed by atoms with Gasteiger partial charge in [-0.3, -0.25) is 9.63 Å². The van der Waals surface area contributed by atoms with Crippen LogP contribution in [0.2, 0.25) is 0 Å². The predicted molar refractivity (Wildman–Crippen MR) is 105 cm³/mol. The van der Waals surface area contributed by atoms with E-state index in [9.17, 15) is 18.0 Å². The summed E-state index contributed by atoms with van der Waals surface area (Å²) in [5, 5.41) is 9.50. The van der Waals surface area contributed by atoms with Gasteiger partial charge in [-0.1, -0.05) is 17.7 Å². The van der Waals surface area contributed by atoms with Crippen LogP contribution < -0.4 is 5.06 Å². The highest BCUT2D eigenvalue weighted by atomic mass is 19.4. The van der Waals surface area contributed by atoms with Gasteiger partial charge in [0.1, 0.15) is 5.69 Å². The van der Waals surface area contributed by atoms with Gasteiger partial charge in [0.2, 0.25) is 0 Å². The average Bonchev–Trinajstić information content (AvgIpc) is 3.17. The van der Waals surface area contributed by atoms with Crippen molar-refractivity contribution in [2.24, 2.45) is 0 Å². The Bertz CT molecular complexity index is 1070. The fourth-order valence-electron chi connectivity index (χ4n) is 3.26. The summed E-state index contributed by atoms with van der Waals surface area (Å²) in [5.41, 5.74) is 0.881. The van der Waals surface area contributed by atoms with Crippen molar-refractivity contribution in [2.45, 2.75) is 13.1 Å². The molecule has 0 atom stereocenters. The van der Waals surface area contributed by atoms with Crippen LogP contribution in [-0.2, 0) is 11.0 Å². The molecule has 1 fully saturated rings. The number of hydrogen-bond donors (Lipinski definition) is 0. The van der Waals surface area contributed by atoms with Gasteiger partial charge in [-0.05, 0) is 31.2 Å². The third-order valence-corrected chi connectivity index (χ3v) is 4.77. The summed E-state index contributed by atoms with van der Waals surface area (Å²) in [5.74, 6) is -0.195. The maximum atomic E-state index is 13.3. The number of pyridine rings is 1. The lowest BCUT2D eigenvalue weighted by Crippen LogP contribution is -2.36. The Balaban J connectivity index is 1.54. The molecule has 0 spiro atoms. The van der Waals surface area contributed by atoms with Crippen LogP contribution in [0.4, 0.5) is 19.0 Å². The average molecular weight is 432 g/mol. The number of aromatic nitrogens is 4. The van der Waals surface area contributed by atoms with Crippen LogP contribution in [0.1, 0.15) is 21.6 Å². The summed E-state index contributed by atoms with van der Waals surface area (Å²) in [6, 6.07) is 9.02. The number of halogens is 3. The Morgan fingerprint density at radius 3 is 2.58 bits per heavy atom. The van der Waals surface area contributed by atoms with Crippen molar-refractivity contribution in [3.63, 3.8) is 0 Å². The van der Waals surface area contributed by atoms with Crippen LogP contribution in [0.3, 0.4) is 0 Å². The number of nitrogens with zero attached hydrogens (tertiary/aromatic N) is 6. The molecule has 8 nitrogen and oxygen atoms in total. The number of hydroxylamine groups is 1. The van der Waals surface area contributed by atoms with Gasteiger partial charge in [-0.15, -0.1) is 0 Å². The molecule has 0 aliphatic carbocycles. The first-order valence-corrected chi connectivity index (χ1v) is 9.54. The molecule has 31 heavy (non-hydrogen) atoms. The summed E-state index contributed by atoms with van der Waals surface area (Å²) in [6.45, 7) is 2.68. The van der Waals surface area contributed by atoms with E-state index in [-0.39, 0.29) is 38.0 Å². The molecule has 4 rings (SSSR count). The van der Waals surface area contributed by atoms with Crippen LogP contribution >= 0.6 is 0 Å². The number of rotatable bonds is 3. The Hall–Kier alpha value is -3.47. The second kappa shape index (κ2) is 8.34. The second-order valence-corrected chi connectivity index (χ2v) is 6.95. The quantitative estimate of drug-likeness (QED) is 0.634. The number of anilines is 1. The maximum Gasteiger partial charge on any atom is 0.433 e. The Kier molecular flexibility index (Phi) is 5.59. The van der Waals surface area contributed by atoms with E-state index in [0.717, 1.165) is 11.6 Å². The van der Waals surface area contributed by atoms with Crippen molar-refractivity contribution in [2.75, 3.05) is 31.3 Å². The second-order valence-electron chi connectivity index (χ2n) is 6.95. The lowest BCUT2D eigenvalue weighted by atomic mass is 10.1. The third-order valence-electron chi connectivity index (χ3n) is 4.77. The molecule has 0 N–H and O–H groups in total. The number of carbonyl (C=O) groups is 1. The van der Waals surface area contributed by atoms with Gasteiger partial charge >= 0.3 is 6.18 Å². The van der Waals surface area contributed by atoms with Gasteiger partial charge in [0.15, 0.2) is 5.82 Å². The standard InChI is InChI=1S/C20H19F3N6O2/c1-14-5-6-16(29-24-7-8-25-29)15(13-14)19(30)27-9-10-28(31-12-11-27)18-4-2-3-17(26-18)20(21,22)23/h2-8,13H,9-12H2,1H3. The summed E-state index contributed by atoms with van der Waals surface area (Å²) in [4.78, 5) is 25.5. The number of carbonyl (C=O) groups excluding carboxylic acids is 1. The highest BCUT2D eigenvalue weighted by Gasteiger charge is 2.33. The van der Waals surface area contributed by atoms with Crippen molar-refractivity contribution >= 4 is 11.7 Å². The number of benzene rings is 1. The molecule has 0 saturated carbocycles. The number of hydrogen-bond acceptors (Lipinski definition) is 6. The number of alkyl halides is 3. The van der Waals surface area contributed by atoms with Crippen molar-refractivity contribution < 1.29 is 22.8 Å². The zero-order valence-electron chi connectivity index (χ0n) is 16.6. The van der Waals surface area contributed by atoms with Crippen molar-refractivity contribution in [3.05, 3.63) is 65.6 Å².